The minimum atomic E-state index is -4.24. The summed E-state index contributed by atoms with van der Waals surface area (Å²) < 4.78 is 35.0. The van der Waals surface area contributed by atoms with Crippen molar-refractivity contribution in [1.29, 1.82) is 0 Å². The van der Waals surface area contributed by atoms with Gasteiger partial charge in [-0.3, -0.25) is 13.9 Å². The lowest BCUT2D eigenvalue weighted by Gasteiger charge is -2.33. The van der Waals surface area contributed by atoms with Crippen LogP contribution in [-0.2, 0) is 26.2 Å². The molecule has 0 heterocycles. The molecule has 220 valence electrons. The molecule has 0 saturated heterocycles. The highest BCUT2D eigenvalue weighted by Gasteiger charge is 2.34. The van der Waals surface area contributed by atoms with Crippen LogP contribution >= 0.6 is 35.0 Å². The number of sulfonamides is 1. The third-order valence-corrected chi connectivity index (χ3v) is 9.45. The Morgan fingerprint density at radius 3 is 2.29 bits per heavy atom. The highest BCUT2D eigenvalue weighted by Crippen LogP contribution is 2.33. The Kier molecular flexibility index (Phi) is 11.8. The molecule has 0 unspecified atom stereocenters. The van der Waals surface area contributed by atoms with E-state index in [4.69, 9.17) is 27.9 Å². The summed E-state index contributed by atoms with van der Waals surface area (Å²) in [5, 5.41) is 3.34. The number of hydrogen-bond donors (Lipinski definition) is 1. The van der Waals surface area contributed by atoms with Crippen molar-refractivity contribution in [3.63, 3.8) is 0 Å². The monoisotopic (exact) mass is 637 g/mol. The second-order valence-electron chi connectivity index (χ2n) is 8.88. The van der Waals surface area contributed by atoms with Gasteiger partial charge in [0.2, 0.25) is 11.8 Å². The summed E-state index contributed by atoms with van der Waals surface area (Å²) in [6.45, 7) is 3.22. The van der Waals surface area contributed by atoms with Crippen LogP contribution in [-0.4, -0.2) is 57.6 Å². The SMILES string of the molecule is CCOc1ccccc1N(CC(=O)N(Cc1ccc(Cl)cc1Cl)[C@@H](CC)C(=O)NC)S(=O)(=O)c1ccc(SC)cc1. The van der Waals surface area contributed by atoms with Crippen molar-refractivity contribution in [3.8, 4) is 5.75 Å². The van der Waals surface area contributed by atoms with Gasteiger partial charge in [0.15, 0.2) is 0 Å². The molecular formula is C29H33Cl2N3O5S2. The first-order valence-corrected chi connectivity index (χ1v) is 16.3. The van der Waals surface area contributed by atoms with Crippen LogP contribution < -0.4 is 14.4 Å². The second kappa shape index (κ2) is 14.8. The normalized spacial score (nSPS) is 12.0. The quantitative estimate of drug-likeness (QED) is 0.236. The van der Waals surface area contributed by atoms with E-state index in [1.807, 2.05) is 6.26 Å². The van der Waals surface area contributed by atoms with Crippen LogP contribution in [0.1, 0.15) is 25.8 Å². The lowest BCUT2D eigenvalue weighted by atomic mass is 10.1. The van der Waals surface area contributed by atoms with Crippen molar-refractivity contribution >= 4 is 62.5 Å². The zero-order valence-electron chi connectivity index (χ0n) is 23.3. The Hall–Kier alpha value is -2.92. The molecule has 0 aliphatic rings. The second-order valence-corrected chi connectivity index (χ2v) is 12.5. The highest BCUT2D eigenvalue weighted by atomic mass is 35.5. The molecular weight excluding hydrogens is 605 g/mol. The van der Waals surface area contributed by atoms with Gasteiger partial charge in [-0.15, -0.1) is 11.8 Å². The first kappa shape index (κ1) is 32.6. The average molecular weight is 639 g/mol. The molecule has 3 aromatic rings. The van der Waals surface area contributed by atoms with Gasteiger partial charge in [-0.2, -0.15) is 0 Å². The van der Waals surface area contributed by atoms with Gasteiger partial charge in [0.25, 0.3) is 10.0 Å². The van der Waals surface area contributed by atoms with E-state index in [9.17, 15) is 18.0 Å². The third kappa shape index (κ3) is 7.88. The lowest BCUT2D eigenvalue weighted by Crippen LogP contribution is -2.51. The fourth-order valence-electron chi connectivity index (χ4n) is 4.25. The molecule has 0 aromatic heterocycles. The van der Waals surface area contributed by atoms with E-state index in [-0.39, 0.29) is 36.1 Å². The molecule has 0 fully saturated rings. The maximum atomic E-state index is 14.1. The molecule has 1 N–H and O–H groups in total. The van der Waals surface area contributed by atoms with Gasteiger partial charge in [-0.25, -0.2) is 8.42 Å². The first-order chi connectivity index (χ1) is 19.6. The van der Waals surface area contributed by atoms with E-state index >= 15 is 0 Å². The molecule has 41 heavy (non-hydrogen) atoms. The topological polar surface area (TPSA) is 96.0 Å². The van der Waals surface area contributed by atoms with Crippen LogP contribution in [0.25, 0.3) is 0 Å². The summed E-state index contributed by atoms with van der Waals surface area (Å²) >= 11 is 14.0. The molecule has 0 spiro atoms. The standard InChI is InChI=1S/C29H33Cl2N3O5S2/c1-5-25(29(36)32-3)33(18-20-11-12-21(30)17-24(20)31)28(35)19-34(26-9-7-8-10-27(26)39-6-2)41(37,38)23-15-13-22(40-4)14-16-23/h7-17,25H,5-6,18-19H2,1-4H3,(H,32,36)/t25-/m0/s1. The Bertz CT molecular complexity index is 1470. The number of carbonyl (C=O) groups excluding carboxylic acids is 2. The van der Waals surface area contributed by atoms with Crippen molar-refractivity contribution < 1.29 is 22.7 Å². The smallest absolute Gasteiger partial charge is 0.264 e. The number of halogens is 2. The number of para-hydroxylation sites is 2. The number of hydrogen-bond acceptors (Lipinski definition) is 6. The van der Waals surface area contributed by atoms with Crippen molar-refractivity contribution in [2.45, 2.75) is 42.6 Å². The molecule has 8 nitrogen and oxygen atoms in total. The van der Waals surface area contributed by atoms with Gasteiger partial charge in [-0.1, -0.05) is 48.3 Å². The number of amides is 2. The molecule has 12 heteroatoms. The number of likely N-dealkylation sites (N-methyl/N-ethyl adjacent to an activating group) is 1. The van der Waals surface area contributed by atoms with Crippen LogP contribution in [0.2, 0.25) is 10.0 Å². The Balaban J connectivity index is 2.13. The molecule has 0 aliphatic carbocycles. The summed E-state index contributed by atoms with van der Waals surface area (Å²) in [6, 6.07) is 17.0. The number of nitrogens with one attached hydrogen (secondary N) is 1. The largest absolute Gasteiger partial charge is 0.492 e. The molecule has 0 saturated carbocycles. The molecule has 0 bridgehead atoms. The summed E-state index contributed by atoms with van der Waals surface area (Å²) in [4.78, 5) is 29.2. The van der Waals surface area contributed by atoms with Gasteiger partial charge >= 0.3 is 0 Å². The first-order valence-electron chi connectivity index (χ1n) is 12.9. The van der Waals surface area contributed by atoms with E-state index in [0.717, 1.165) is 9.20 Å². The fraction of sp³-hybridized carbons (Fsp3) is 0.310. The Labute approximate surface area is 256 Å². The number of thioether (sulfide) groups is 1. The predicted octanol–water partition coefficient (Wildman–Crippen LogP) is 5.86. The van der Waals surface area contributed by atoms with Gasteiger partial charge < -0.3 is 15.0 Å². The van der Waals surface area contributed by atoms with E-state index in [0.29, 0.717) is 21.4 Å². The van der Waals surface area contributed by atoms with Crippen LogP contribution in [0.3, 0.4) is 0 Å². The molecule has 2 amide bonds. The van der Waals surface area contributed by atoms with Gasteiger partial charge in [0, 0.05) is 28.5 Å². The minimum absolute atomic E-state index is 0.0139. The number of nitrogens with zero attached hydrogens (tertiary/aromatic N) is 2. The van der Waals surface area contributed by atoms with Crippen molar-refractivity contribution in [2.75, 3.05) is 30.8 Å². The molecule has 0 radical (unpaired) electrons. The minimum Gasteiger partial charge on any atom is -0.492 e. The zero-order chi connectivity index (χ0) is 30.2. The predicted molar refractivity (Wildman–Crippen MR) is 166 cm³/mol. The fourth-order valence-corrected chi connectivity index (χ4v) is 6.55. The van der Waals surface area contributed by atoms with Crippen LogP contribution in [0.15, 0.2) is 76.5 Å². The van der Waals surface area contributed by atoms with E-state index < -0.39 is 28.5 Å². The molecule has 3 aromatic carbocycles. The average Bonchev–Trinajstić information content (AvgIpc) is 2.97. The van der Waals surface area contributed by atoms with Crippen LogP contribution in [0.5, 0.6) is 5.75 Å². The number of anilines is 1. The number of carbonyl (C=O) groups is 2. The maximum Gasteiger partial charge on any atom is 0.264 e. The summed E-state index contributed by atoms with van der Waals surface area (Å²) in [6.07, 6.45) is 2.18. The van der Waals surface area contributed by atoms with E-state index in [2.05, 4.69) is 5.32 Å². The summed E-state index contributed by atoms with van der Waals surface area (Å²) in [7, 11) is -2.76. The maximum absolute atomic E-state index is 14.1. The van der Waals surface area contributed by atoms with E-state index in [1.54, 1.807) is 68.4 Å². The third-order valence-electron chi connectivity index (χ3n) is 6.35. The lowest BCUT2D eigenvalue weighted by molar-refractivity contribution is -0.140. The Morgan fingerprint density at radius 2 is 1.71 bits per heavy atom. The molecule has 1 atom stereocenters. The zero-order valence-corrected chi connectivity index (χ0v) is 26.4. The van der Waals surface area contributed by atoms with Crippen molar-refractivity contribution in [2.24, 2.45) is 0 Å². The molecule has 0 aliphatic heterocycles. The Morgan fingerprint density at radius 1 is 1.02 bits per heavy atom. The van der Waals surface area contributed by atoms with Crippen molar-refractivity contribution in [3.05, 3.63) is 82.3 Å². The molecule has 3 rings (SSSR count). The van der Waals surface area contributed by atoms with Crippen molar-refractivity contribution in [1.82, 2.24) is 10.2 Å². The van der Waals surface area contributed by atoms with Gasteiger partial charge in [0.05, 0.1) is 17.2 Å². The van der Waals surface area contributed by atoms with Crippen LogP contribution in [0, 0.1) is 0 Å². The van der Waals surface area contributed by atoms with E-state index in [1.165, 1.54) is 35.8 Å². The van der Waals surface area contributed by atoms with Crippen LogP contribution in [0.4, 0.5) is 5.69 Å². The number of benzene rings is 3. The summed E-state index contributed by atoms with van der Waals surface area (Å²) in [5.41, 5.74) is 0.762. The van der Waals surface area contributed by atoms with Gasteiger partial charge in [-0.05, 0) is 73.7 Å². The number of rotatable bonds is 13. The summed E-state index contributed by atoms with van der Waals surface area (Å²) in [5.74, 6) is -0.678. The number of ether oxygens (including phenoxy) is 1. The van der Waals surface area contributed by atoms with Gasteiger partial charge in [0.1, 0.15) is 18.3 Å². The highest BCUT2D eigenvalue weighted by molar-refractivity contribution is 7.98.